The van der Waals surface area contributed by atoms with Crippen molar-refractivity contribution in [1.82, 2.24) is 15.1 Å². The molecule has 0 aromatic carbocycles. The fourth-order valence-corrected chi connectivity index (χ4v) is 2.32. The van der Waals surface area contributed by atoms with Gasteiger partial charge >= 0.3 is 0 Å². The van der Waals surface area contributed by atoms with Crippen LogP contribution >= 0.6 is 0 Å². The SMILES string of the molecule is CCN1CCOC(CN2C(=O)CNC2C)C1. The Morgan fingerprint density at radius 3 is 3.00 bits per heavy atom. The molecule has 2 heterocycles. The fraction of sp³-hybridized carbons (Fsp3) is 0.909. The maximum Gasteiger partial charge on any atom is 0.237 e. The van der Waals surface area contributed by atoms with Gasteiger partial charge in [0.2, 0.25) is 5.91 Å². The Bertz CT molecular complexity index is 260. The summed E-state index contributed by atoms with van der Waals surface area (Å²) in [6.45, 7) is 9.14. The first-order valence-corrected chi connectivity index (χ1v) is 6.07. The average Bonchev–Trinajstić information content (AvgIpc) is 2.61. The van der Waals surface area contributed by atoms with Crippen LogP contribution in [0.25, 0.3) is 0 Å². The van der Waals surface area contributed by atoms with Crippen molar-refractivity contribution in [3.05, 3.63) is 0 Å². The third-order valence-electron chi connectivity index (χ3n) is 3.41. The van der Waals surface area contributed by atoms with Crippen LogP contribution in [0.5, 0.6) is 0 Å². The molecule has 5 nitrogen and oxygen atoms in total. The quantitative estimate of drug-likeness (QED) is 0.705. The largest absolute Gasteiger partial charge is 0.374 e. The zero-order chi connectivity index (χ0) is 11.5. The number of hydrogen-bond acceptors (Lipinski definition) is 4. The molecule has 0 spiro atoms. The highest BCUT2D eigenvalue weighted by Crippen LogP contribution is 2.11. The highest BCUT2D eigenvalue weighted by molar-refractivity contribution is 5.80. The van der Waals surface area contributed by atoms with Gasteiger partial charge in [-0.3, -0.25) is 15.0 Å². The first-order valence-electron chi connectivity index (χ1n) is 6.07. The Morgan fingerprint density at radius 2 is 2.38 bits per heavy atom. The van der Waals surface area contributed by atoms with E-state index in [9.17, 15) is 4.79 Å². The van der Waals surface area contributed by atoms with Gasteiger partial charge in [0.15, 0.2) is 0 Å². The highest BCUT2D eigenvalue weighted by atomic mass is 16.5. The molecule has 2 aliphatic heterocycles. The molecular weight excluding hydrogens is 206 g/mol. The molecule has 1 amide bonds. The second-order valence-corrected chi connectivity index (χ2v) is 4.49. The van der Waals surface area contributed by atoms with Gasteiger partial charge in [-0.25, -0.2) is 0 Å². The van der Waals surface area contributed by atoms with Gasteiger partial charge in [0, 0.05) is 19.6 Å². The van der Waals surface area contributed by atoms with Crippen molar-refractivity contribution in [2.45, 2.75) is 26.1 Å². The number of hydrogen-bond donors (Lipinski definition) is 1. The average molecular weight is 227 g/mol. The van der Waals surface area contributed by atoms with Gasteiger partial charge < -0.3 is 9.64 Å². The third kappa shape index (κ3) is 2.53. The van der Waals surface area contributed by atoms with Crippen molar-refractivity contribution in [1.29, 1.82) is 0 Å². The number of carbonyl (C=O) groups is 1. The van der Waals surface area contributed by atoms with Gasteiger partial charge in [0.25, 0.3) is 0 Å². The predicted molar refractivity (Wildman–Crippen MR) is 61.0 cm³/mol. The number of rotatable bonds is 3. The molecule has 0 aromatic heterocycles. The number of nitrogens with one attached hydrogen (secondary N) is 1. The zero-order valence-electron chi connectivity index (χ0n) is 10.1. The van der Waals surface area contributed by atoms with Crippen LogP contribution in [0.15, 0.2) is 0 Å². The smallest absolute Gasteiger partial charge is 0.237 e. The molecule has 92 valence electrons. The van der Waals surface area contributed by atoms with E-state index in [4.69, 9.17) is 4.74 Å². The molecule has 0 aliphatic carbocycles. The summed E-state index contributed by atoms with van der Waals surface area (Å²) in [7, 11) is 0. The number of ether oxygens (including phenoxy) is 1. The second-order valence-electron chi connectivity index (χ2n) is 4.49. The molecule has 2 fully saturated rings. The van der Waals surface area contributed by atoms with Crippen molar-refractivity contribution in [3.63, 3.8) is 0 Å². The molecule has 1 N–H and O–H groups in total. The molecule has 0 bridgehead atoms. The normalized spacial score (nSPS) is 32.4. The number of amides is 1. The van der Waals surface area contributed by atoms with E-state index in [-0.39, 0.29) is 18.2 Å². The van der Waals surface area contributed by atoms with Gasteiger partial charge in [0.1, 0.15) is 0 Å². The van der Waals surface area contributed by atoms with Gasteiger partial charge in [-0.05, 0) is 13.5 Å². The van der Waals surface area contributed by atoms with E-state index in [1.807, 2.05) is 11.8 Å². The van der Waals surface area contributed by atoms with Crippen LogP contribution in [0.2, 0.25) is 0 Å². The van der Waals surface area contributed by atoms with Gasteiger partial charge in [-0.2, -0.15) is 0 Å². The molecule has 2 rings (SSSR count). The summed E-state index contributed by atoms with van der Waals surface area (Å²) < 4.78 is 5.71. The van der Waals surface area contributed by atoms with E-state index in [0.29, 0.717) is 13.1 Å². The molecule has 0 radical (unpaired) electrons. The summed E-state index contributed by atoms with van der Waals surface area (Å²) >= 11 is 0. The van der Waals surface area contributed by atoms with E-state index in [1.54, 1.807) is 0 Å². The molecule has 2 aliphatic rings. The maximum absolute atomic E-state index is 11.6. The predicted octanol–water partition coefficient (Wildman–Crippen LogP) is -0.515. The molecule has 0 saturated carbocycles. The third-order valence-corrected chi connectivity index (χ3v) is 3.41. The van der Waals surface area contributed by atoms with Gasteiger partial charge in [-0.1, -0.05) is 6.92 Å². The summed E-state index contributed by atoms with van der Waals surface area (Å²) in [5.74, 6) is 0.185. The molecule has 0 aromatic rings. The number of nitrogens with zero attached hydrogens (tertiary/aromatic N) is 2. The molecule has 5 heteroatoms. The molecule has 16 heavy (non-hydrogen) atoms. The van der Waals surface area contributed by atoms with Crippen LogP contribution in [-0.2, 0) is 9.53 Å². The molecule has 2 unspecified atom stereocenters. The van der Waals surface area contributed by atoms with E-state index < -0.39 is 0 Å². The minimum atomic E-state index is 0.146. The second kappa shape index (κ2) is 5.12. The lowest BCUT2D eigenvalue weighted by atomic mass is 10.2. The van der Waals surface area contributed by atoms with Crippen molar-refractivity contribution in [2.75, 3.05) is 39.3 Å². The Morgan fingerprint density at radius 1 is 1.56 bits per heavy atom. The van der Waals surface area contributed by atoms with Crippen LogP contribution in [0.3, 0.4) is 0 Å². The Hall–Kier alpha value is -0.650. The van der Waals surface area contributed by atoms with Crippen LogP contribution in [-0.4, -0.2) is 67.3 Å². The van der Waals surface area contributed by atoms with Crippen molar-refractivity contribution >= 4 is 5.91 Å². The monoisotopic (exact) mass is 227 g/mol. The van der Waals surface area contributed by atoms with Crippen molar-refractivity contribution in [2.24, 2.45) is 0 Å². The standard InChI is InChI=1S/C11H21N3O2/c1-3-13-4-5-16-10(7-13)8-14-9(2)12-6-11(14)15/h9-10,12H,3-8H2,1-2H3. The van der Waals surface area contributed by atoms with Crippen LogP contribution in [0.4, 0.5) is 0 Å². The molecule has 2 atom stereocenters. The highest BCUT2D eigenvalue weighted by Gasteiger charge is 2.30. The van der Waals surface area contributed by atoms with Crippen molar-refractivity contribution in [3.8, 4) is 0 Å². The Labute approximate surface area is 96.7 Å². The maximum atomic E-state index is 11.6. The zero-order valence-corrected chi connectivity index (χ0v) is 10.1. The lowest BCUT2D eigenvalue weighted by Crippen LogP contribution is -2.49. The summed E-state index contributed by atoms with van der Waals surface area (Å²) in [6, 6.07) is 0. The lowest BCUT2D eigenvalue weighted by Gasteiger charge is -2.35. The van der Waals surface area contributed by atoms with E-state index in [0.717, 1.165) is 26.2 Å². The molecular formula is C11H21N3O2. The van der Waals surface area contributed by atoms with E-state index >= 15 is 0 Å². The van der Waals surface area contributed by atoms with Crippen LogP contribution in [0.1, 0.15) is 13.8 Å². The number of carbonyl (C=O) groups excluding carboxylic acids is 1. The summed E-state index contributed by atoms with van der Waals surface area (Å²) in [5.41, 5.74) is 0. The molecule has 2 saturated heterocycles. The van der Waals surface area contributed by atoms with Crippen molar-refractivity contribution < 1.29 is 9.53 Å². The number of morpholine rings is 1. The minimum Gasteiger partial charge on any atom is -0.374 e. The van der Waals surface area contributed by atoms with Crippen LogP contribution in [0, 0.1) is 0 Å². The fourth-order valence-electron chi connectivity index (χ4n) is 2.32. The van der Waals surface area contributed by atoms with E-state index in [2.05, 4.69) is 17.1 Å². The summed E-state index contributed by atoms with van der Waals surface area (Å²) in [4.78, 5) is 15.9. The summed E-state index contributed by atoms with van der Waals surface area (Å²) in [5, 5.41) is 3.14. The summed E-state index contributed by atoms with van der Waals surface area (Å²) in [6.07, 6.45) is 0.313. The first-order chi connectivity index (χ1) is 7.70. The first kappa shape index (κ1) is 11.8. The number of likely N-dealkylation sites (N-methyl/N-ethyl adjacent to an activating group) is 1. The Balaban J connectivity index is 1.86. The van der Waals surface area contributed by atoms with E-state index in [1.165, 1.54) is 0 Å². The lowest BCUT2D eigenvalue weighted by molar-refractivity contribution is -0.131. The van der Waals surface area contributed by atoms with Crippen LogP contribution < -0.4 is 5.32 Å². The minimum absolute atomic E-state index is 0.146. The topological polar surface area (TPSA) is 44.8 Å². The van der Waals surface area contributed by atoms with Gasteiger partial charge in [0.05, 0.1) is 25.4 Å². The Kier molecular flexibility index (Phi) is 3.78. The van der Waals surface area contributed by atoms with Gasteiger partial charge in [-0.15, -0.1) is 0 Å².